The molecule has 2 heterocycles. The summed E-state index contributed by atoms with van der Waals surface area (Å²) in [5, 5.41) is 2.88. The fourth-order valence-corrected chi connectivity index (χ4v) is 5.26. The van der Waals surface area contributed by atoms with Crippen LogP contribution in [0.2, 0.25) is 0 Å². The lowest BCUT2D eigenvalue weighted by Gasteiger charge is -2.32. The molecule has 1 aromatic carbocycles. The molecule has 0 bridgehead atoms. The molecule has 1 N–H and O–H groups in total. The number of hydrogen-bond acceptors (Lipinski definition) is 4. The van der Waals surface area contributed by atoms with E-state index in [4.69, 9.17) is 0 Å². The summed E-state index contributed by atoms with van der Waals surface area (Å²) in [4.78, 5) is 16.9. The van der Waals surface area contributed by atoms with Crippen molar-refractivity contribution in [1.82, 2.24) is 14.6 Å². The smallest absolute Gasteiger partial charge is 0.251 e. The van der Waals surface area contributed by atoms with Gasteiger partial charge < -0.3 is 5.32 Å². The van der Waals surface area contributed by atoms with Gasteiger partial charge in [0, 0.05) is 37.1 Å². The Morgan fingerprint density at radius 1 is 1.29 bits per heavy atom. The molecule has 2 aromatic rings. The summed E-state index contributed by atoms with van der Waals surface area (Å²) in [6, 6.07) is 8.60. The van der Waals surface area contributed by atoms with Gasteiger partial charge in [0.25, 0.3) is 5.91 Å². The van der Waals surface area contributed by atoms with Crippen LogP contribution in [-0.4, -0.2) is 42.7 Å². The first kappa shape index (κ1) is 20.5. The molecule has 7 heteroatoms. The Morgan fingerprint density at radius 3 is 2.82 bits per heavy atom. The number of pyridine rings is 1. The first-order valence-corrected chi connectivity index (χ1v) is 11.1. The highest BCUT2D eigenvalue weighted by Crippen LogP contribution is 2.26. The molecule has 1 aromatic heterocycles. The highest BCUT2D eigenvalue weighted by atomic mass is 32.2. The summed E-state index contributed by atoms with van der Waals surface area (Å²) in [6.45, 7) is 4.75. The molecule has 1 saturated heterocycles. The SMILES string of the molecule is Cc1ccc(S(=O)(=O)N2CCCCC2C)cc1C(=O)NCCc1cccnc1. The second kappa shape index (κ2) is 8.84. The van der Waals surface area contributed by atoms with E-state index in [1.807, 2.05) is 26.0 Å². The van der Waals surface area contributed by atoms with Crippen LogP contribution >= 0.6 is 0 Å². The fraction of sp³-hybridized carbons (Fsp3) is 0.429. The molecule has 0 saturated carbocycles. The number of rotatable bonds is 6. The lowest BCUT2D eigenvalue weighted by atomic mass is 10.1. The highest BCUT2D eigenvalue weighted by Gasteiger charge is 2.31. The molecule has 3 rings (SSSR count). The van der Waals surface area contributed by atoms with Crippen molar-refractivity contribution in [2.24, 2.45) is 0 Å². The van der Waals surface area contributed by atoms with Gasteiger partial charge in [-0.2, -0.15) is 4.31 Å². The van der Waals surface area contributed by atoms with Crippen LogP contribution in [0.15, 0.2) is 47.6 Å². The van der Waals surface area contributed by atoms with Crippen molar-refractivity contribution in [3.8, 4) is 0 Å². The fourth-order valence-electron chi connectivity index (χ4n) is 3.53. The van der Waals surface area contributed by atoms with Crippen LogP contribution < -0.4 is 5.32 Å². The Balaban J connectivity index is 1.74. The number of piperidine rings is 1. The van der Waals surface area contributed by atoms with Crippen LogP contribution in [0.3, 0.4) is 0 Å². The summed E-state index contributed by atoms with van der Waals surface area (Å²) in [5.74, 6) is -0.259. The molecular weight excluding hydrogens is 374 g/mol. The van der Waals surface area contributed by atoms with Gasteiger partial charge in [0.1, 0.15) is 0 Å². The largest absolute Gasteiger partial charge is 0.352 e. The molecule has 1 unspecified atom stereocenters. The van der Waals surface area contributed by atoms with Crippen molar-refractivity contribution in [1.29, 1.82) is 0 Å². The summed E-state index contributed by atoms with van der Waals surface area (Å²) < 4.78 is 27.7. The molecule has 150 valence electrons. The first-order chi connectivity index (χ1) is 13.4. The maximum absolute atomic E-state index is 13.1. The molecule has 1 aliphatic rings. The Morgan fingerprint density at radius 2 is 2.11 bits per heavy atom. The number of sulfonamides is 1. The number of hydrogen-bond donors (Lipinski definition) is 1. The van der Waals surface area contributed by atoms with E-state index in [9.17, 15) is 13.2 Å². The zero-order valence-electron chi connectivity index (χ0n) is 16.4. The minimum Gasteiger partial charge on any atom is -0.352 e. The zero-order chi connectivity index (χ0) is 20.1. The minimum atomic E-state index is -3.60. The van der Waals surface area contributed by atoms with Gasteiger partial charge >= 0.3 is 0 Å². The average molecular weight is 402 g/mol. The van der Waals surface area contributed by atoms with E-state index in [1.165, 1.54) is 6.07 Å². The standard InChI is InChI=1S/C21H27N3O3S/c1-16-8-9-19(28(26,27)24-13-4-3-6-17(24)2)14-20(16)21(25)23-12-10-18-7-5-11-22-15-18/h5,7-9,11,14-15,17H,3-4,6,10,12-13H2,1-2H3,(H,23,25). The van der Waals surface area contributed by atoms with Crippen molar-refractivity contribution in [2.75, 3.05) is 13.1 Å². The van der Waals surface area contributed by atoms with E-state index in [2.05, 4.69) is 10.3 Å². The van der Waals surface area contributed by atoms with Gasteiger partial charge in [-0.3, -0.25) is 9.78 Å². The summed E-state index contributed by atoms with van der Waals surface area (Å²) >= 11 is 0. The monoisotopic (exact) mass is 401 g/mol. The zero-order valence-corrected chi connectivity index (χ0v) is 17.2. The molecule has 1 amide bonds. The van der Waals surface area contributed by atoms with Crippen molar-refractivity contribution in [3.63, 3.8) is 0 Å². The third kappa shape index (κ3) is 4.59. The molecule has 6 nitrogen and oxygen atoms in total. The van der Waals surface area contributed by atoms with Crippen molar-refractivity contribution in [3.05, 3.63) is 59.4 Å². The number of aromatic nitrogens is 1. The average Bonchev–Trinajstić information content (AvgIpc) is 2.69. The van der Waals surface area contributed by atoms with E-state index in [0.29, 0.717) is 25.1 Å². The van der Waals surface area contributed by atoms with Gasteiger partial charge in [0.15, 0.2) is 0 Å². The lowest BCUT2D eigenvalue weighted by molar-refractivity contribution is 0.0953. The maximum atomic E-state index is 13.1. The Bertz CT molecular complexity index is 929. The Kier molecular flexibility index (Phi) is 6.46. The van der Waals surface area contributed by atoms with Gasteiger partial charge in [0.05, 0.1) is 4.90 Å². The van der Waals surface area contributed by atoms with E-state index >= 15 is 0 Å². The minimum absolute atomic E-state index is 0.0168. The molecule has 0 aliphatic carbocycles. The van der Waals surface area contributed by atoms with E-state index in [1.54, 1.807) is 28.8 Å². The van der Waals surface area contributed by atoms with E-state index < -0.39 is 10.0 Å². The normalized spacial score (nSPS) is 18.0. The molecule has 0 spiro atoms. The third-order valence-corrected chi connectivity index (χ3v) is 7.23. The third-order valence-electron chi connectivity index (χ3n) is 5.22. The van der Waals surface area contributed by atoms with Crippen LogP contribution in [-0.2, 0) is 16.4 Å². The number of benzene rings is 1. The topological polar surface area (TPSA) is 79.4 Å². The predicted molar refractivity (Wildman–Crippen MR) is 109 cm³/mol. The highest BCUT2D eigenvalue weighted by molar-refractivity contribution is 7.89. The van der Waals surface area contributed by atoms with Gasteiger partial charge in [-0.05, 0) is 62.4 Å². The molecule has 1 atom stereocenters. The first-order valence-electron chi connectivity index (χ1n) is 9.69. The number of carbonyl (C=O) groups excluding carboxylic acids is 1. The van der Waals surface area contributed by atoms with Crippen LogP contribution in [0.5, 0.6) is 0 Å². The van der Waals surface area contributed by atoms with E-state index in [-0.39, 0.29) is 16.8 Å². The maximum Gasteiger partial charge on any atom is 0.251 e. The van der Waals surface area contributed by atoms with Gasteiger partial charge in [-0.15, -0.1) is 0 Å². The molecule has 28 heavy (non-hydrogen) atoms. The van der Waals surface area contributed by atoms with Crippen LogP contribution in [0.25, 0.3) is 0 Å². The Hall–Kier alpha value is -2.25. The summed E-state index contributed by atoms with van der Waals surface area (Å²) in [7, 11) is -3.60. The van der Waals surface area contributed by atoms with Crippen molar-refractivity contribution in [2.45, 2.75) is 50.5 Å². The number of nitrogens with zero attached hydrogens (tertiary/aromatic N) is 2. The predicted octanol–water partition coefficient (Wildman–Crippen LogP) is 2.93. The molecule has 1 fully saturated rings. The van der Waals surface area contributed by atoms with Gasteiger partial charge in [0.2, 0.25) is 10.0 Å². The lowest BCUT2D eigenvalue weighted by Crippen LogP contribution is -2.42. The van der Waals surface area contributed by atoms with Crippen LogP contribution in [0.4, 0.5) is 0 Å². The number of carbonyl (C=O) groups is 1. The number of amides is 1. The Labute approximate surface area is 167 Å². The van der Waals surface area contributed by atoms with Crippen LogP contribution in [0, 0.1) is 6.92 Å². The summed E-state index contributed by atoms with van der Waals surface area (Å²) in [6.07, 6.45) is 6.93. The van der Waals surface area contributed by atoms with Crippen molar-refractivity contribution >= 4 is 15.9 Å². The number of nitrogens with one attached hydrogen (secondary N) is 1. The van der Waals surface area contributed by atoms with Gasteiger partial charge in [-0.25, -0.2) is 8.42 Å². The molecular formula is C21H27N3O3S. The van der Waals surface area contributed by atoms with Crippen molar-refractivity contribution < 1.29 is 13.2 Å². The summed E-state index contributed by atoms with van der Waals surface area (Å²) in [5.41, 5.74) is 2.19. The van der Waals surface area contributed by atoms with Crippen LogP contribution in [0.1, 0.15) is 47.7 Å². The second-order valence-corrected chi connectivity index (χ2v) is 9.20. The number of aryl methyl sites for hydroxylation is 1. The second-order valence-electron chi connectivity index (χ2n) is 7.30. The quantitative estimate of drug-likeness (QED) is 0.807. The van der Waals surface area contributed by atoms with Gasteiger partial charge in [-0.1, -0.05) is 18.6 Å². The van der Waals surface area contributed by atoms with E-state index in [0.717, 1.165) is 30.4 Å². The molecule has 0 radical (unpaired) electrons. The molecule has 1 aliphatic heterocycles.